The molecule has 31 heavy (non-hydrogen) atoms. The minimum Gasteiger partial charge on any atom is -0.472 e. The quantitative estimate of drug-likeness (QED) is 0.385. The largest absolute Gasteiger partial charge is 0.472 e. The van der Waals surface area contributed by atoms with Gasteiger partial charge >= 0.3 is 0 Å². The Bertz CT molecular complexity index is 1000. The molecule has 0 fully saturated rings. The summed E-state index contributed by atoms with van der Waals surface area (Å²) in [6.45, 7) is 6.99. The maximum atomic E-state index is 7.49. The summed E-state index contributed by atoms with van der Waals surface area (Å²) in [4.78, 5) is 0. The summed E-state index contributed by atoms with van der Waals surface area (Å²) in [6, 6.07) is 44.3. The summed E-state index contributed by atoms with van der Waals surface area (Å²) < 4.78 is 7.49. The lowest BCUT2D eigenvalue weighted by Gasteiger charge is -2.54. The van der Waals surface area contributed by atoms with Crippen LogP contribution in [0.1, 0.15) is 0 Å². The van der Waals surface area contributed by atoms with Gasteiger partial charge in [-0.1, -0.05) is 132 Å². The standard InChI is InChI=1S/C27H29OSi3/c1-30(2,3)28-31(26-20-12-6-13-21-26,27-22-14-7-15-23-27)29(24-16-8-4-9-17-24)25-18-10-5-11-19-25/h4-23H,1-3H3/q-1. The van der Waals surface area contributed by atoms with Crippen LogP contribution in [0.3, 0.4) is 0 Å². The second-order valence-electron chi connectivity index (χ2n) is 8.73. The van der Waals surface area contributed by atoms with Crippen molar-refractivity contribution in [1.29, 1.82) is 0 Å². The fourth-order valence-corrected chi connectivity index (χ4v) is 23.5. The highest BCUT2D eigenvalue weighted by Gasteiger charge is 2.40. The van der Waals surface area contributed by atoms with E-state index in [1.54, 1.807) is 0 Å². The first-order chi connectivity index (χ1) is 15.0. The monoisotopic (exact) mass is 453 g/mol. The molecule has 4 heteroatoms. The maximum absolute atomic E-state index is 7.49. The van der Waals surface area contributed by atoms with E-state index in [1.807, 2.05) is 0 Å². The van der Waals surface area contributed by atoms with Gasteiger partial charge in [0.1, 0.15) is 0 Å². The van der Waals surface area contributed by atoms with Gasteiger partial charge in [0.2, 0.25) is 0 Å². The topological polar surface area (TPSA) is 9.23 Å². The van der Waals surface area contributed by atoms with Gasteiger partial charge in [-0.2, -0.15) is 10.4 Å². The van der Waals surface area contributed by atoms with Crippen molar-refractivity contribution in [3.63, 3.8) is 0 Å². The fourth-order valence-electron chi connectivity index (χ4n) is 4.21. The third-order valence-corrected chi connectivity index (χ3v) is 20.3. The summed E-state index contributed by atoms with van der Waals surface area (Å²) in [7, 11) is -5.81. The molecule has 0 atom stereocenters. The van der Waals surface area contributed by atoms with Crippen molar-refractivity contribution >= 4 is 45.2 Å². The maximum Gasteiger partial charge on any atom is 0.168 e. The Morgan fingerprint density at radius 1 is 0.484 bits per heavy atom. The van der Waals surface area contributed by atoms with Crippen LogP contribution in [0.15, 0.2) is 121 Å². The molecular formula is C27H29OSi3-. The molecule has 4 rings (SSSR count). The summed E-state index contributed by atoms with van der Waals surface area (Å²) >= 11 is 0. The molecule has 1 nitrogen and oxygen atoms in total. The molecule has 0 saturated carbocycles. The minimum absolute atomic E-state index is 1.28. The van der Waals surface area contributed by atoms with Crippen LogP contribution >= 0.6 is 0 Å². The van der Waals surface area contributed by atoms with Gasteiger partial charge in [0, 0.05) is 0 Å². The third-order valence-electron chi connectivity index (χ3n) is 5.30. The second kappa shape index (κ2) is 9.32. The van der Waals surface area contributed by atoms with E-state index in [2.05, 4.69) is 141 Å². The zero-order valence-electron chi connectivity index (χ0n) is 18.5. The number of hydrogen-bond donors (Lipinski definition) is 0. The fraction of sp³-hybridized carbons (Fsp3) is 0.111. The van der Waals surface area contributed by atoms with Crippen LogP contribution in [0.2, 0.25) is 19.6 Å². The molecule has 0 amide bonds. The van der Waals surface area contributed by atoms with Gasteiger partial charge < -0.3 is 4.12 Å². The van der Waals surface area contributed by atoms with Gasteiger partial charge in [-0.25, -0.2) is 8.31 Å². The summed E-state index contributed by atoms with van der Waals surface area (Å²) in [5, 5.41) is 5.56. The Balaban J connectivity index is 2.10. The Labute approximate surface area is 190 Å². The average Bonchev–Trinajstić information content (AvgIpc) is 2.80. The predicted octanol–water partition coefficient (Wildman–Crippen LogP) is 3.99. The van der Waals surface area contributed by atoms with E-state index in [1.165, 1.54) is 20.7 Å². The molecule has 0 bridgehead atoms. The van der Waals surface area contributed by atoms with E-state index in [9.17, 15) is 0 Å². The SMILES string of the molecule is C[Si](C)(C)O[Si](c1ccccc1)(c1ccccc1)[Si-](c1ccccc1)c1ccccc1. The van der Waals surface area contributed by atoms with E-state index in [4.69, 9.17) is 4.12 Å². The van der Waals surface area contributed by atoms with Gasteiger partial charge in [-0.3, -0.25) is 0 Å². The van der Waals surface area contributed by atoms with Crippen molar-refractivity contribution in [3.8, 4) is 0 Å². The first-order valence-corrected chi connectivity index (χ1v) is 18.6. The van der Waals surface area contributed by atoms with E-state index in [0.717, 1.165) is 0 Å². The van der Waals surface area contributed by atoms with Gasteiger partial charge in [-0.05, 0) is 19.6 Å². The minimum atomic E-state index is -2.63. The average molecular weight is 454 g/mol. The highest BCUT2D eigenvalue weighted by atomic mass is 29.2. The molecule has 0 saturated heterocycles. The number of benzene rings is 4. The molecule has 156 valence electrons. The van der Waals surface area contributed by atoms with Crippen LogP contribution in [0.25, 0.3) is 0 Å². The molecule has 0 unspecified atom stereocenters. The Hall–Kier alpha value is -2.51. The van der Waals surface area contributed by atoms with E-state index in [0.29, 0.717) is 0 Å². The number of rotatable bonds is 7. The highest BCUT2D eigenvalue weighted by molar-refractivity contribution is 7.50. The molecule has 0 aromatic heterocycles. The van der Waals surface area contributed by atoms with Crippen LogP contribution in [-0.2, 0) is 4.12 Å². The van der Waals surface area contributed by atoms with Crippen LogP contribution in [0.4, 0.5) is 0 Å². The van der Waals surface area contributed by atoms with Crippen molar-refractivity contribution in [3.05, 3.63) is 121 Å². The van der Waals surface area contributed by atoms with Crippen molar-refractivity contribution in [1.82, 2.24) is 0 Å². The molecule has 0 aliphatic heterocycles. The first-order valence-electron chi connectivity index (χ1n) is 10.8. The molecule has 4 aromatic carbocycles. The Morgan fingerprint density at radius 2 is 0.806 bits per heavy atom. The van der Waals surface area contributed by atoms with Crippen LogP contribution < -0.4 is 20.7 Å². The van der Waals surface area contributed by atoms with E-state index >= 15 is 0 Å². The van der Waals surface area contributed by atoms with Gasteiger partial charge in [0.05, 0.1) is 7.83 Å². The zero-order valence-corrected chi connectivity index (χ0v) is 21.5. The van der Waals surface area contributed by atoms with Crippen LogP contribution in [0, 0.1) is 0 Å². The van der Waals surface area contributed by atoms with Gasteiger partial charge in [0.15, 0.2) is 8.32 Å². The summed E-state index contributed by atoms with van der Waals surface area (Å²) in [6.07, 6.45) is 0. The third kappa shape index (κ3) is 4.72. The van der Waals surface area contributed by atoms with Crippen molar-refractivity contribution in [2.45, 2.75) is 19.6 Å². The molecule has 0 aliphatic rings. The second-order valence-corrected chi connectivity index (χ2v) is 21.8. The van der Waals surface area contributed by atoms with Crippen molar-refractivity contribution in [2.24, 2.45) is 0 Å². The first kappa shape index (κ1) is 21.7. The smallest absolute Gasteiger partial charge is 0.168 e. The van der Waals surface area contributed by atoms with Crippen molar-refractivity contribution < 1.29 is 4.12 Å². The molecule has 0 radical (unpaired) electrons. The van der Waals surface area contributed by atoms with Crippen molar-refractivity contribution in [2.75, 3.05) is 0 Å². The molecule has 0 spiro atoms. The molecule has 0 N–H and O–H groups in total. The molecule has 4 aromatic rings. The van der Waals surface area contributed by atoms with E-state index in [-0.39, 0.29) is 0 Å². The highest BCUT2D eigenvalue weighted by Crippen LogP contribution is 2.19. The van der Waals surface area contributed by atoms with Crippen LogP contribution in [0.5, 0.6) is 0 Å². The predicted molar refractivity (Wildman–Crippen MR) is 140 cm³/mol. The van der Waals surface area contributed by atoms with Crippen LogP contribution in [-0.4, -0.2) is 24.5 Å². The summed E-state index contributed by atoms with van der Waals surface area (Å²) in [5.41, 5.74) is 0. The lowest BCUT2D eigenvalue weighted by Crippen LogP contribution is -2.80. The lowest BCUT2D eigenvalue weighted by atomic mass is 10.4. The lowest BCUT2D eigenvalue weighted by molar-refractivity contribution is 0.585. The Kier molecular flexibility index (Phi) is 6.53. The zero-order chi connectivity index (χ0) is 21.7. The number of hydrogen-bond acceptors (Lipinski definition) is 1. The molecule has 0 aliphatic carbocycles. The van der Waals surface area contributed by atoms with Gasteiger partial charge in [-0.15, -0.1) is 0 Å². The molecule has 0 heterocycles. The normalized spacial score (nSPS) is 11.8. The van der Waals surface area contributed by atoms with Gasteiger partial charge in [0.25, 0.3) is 0 Å². The summed E-state index contributed by atoms with van der Waals surface area (Å²) in [5.74, 6) is 0. The Morgan fingerprint density at radius 3 is 1.13 bits per heavy atom. The van der Waals surface area contributed by atoms with E-state index < -0.39 is 24.5 Å². The molecular weight excluding hydrogens is 425 g/mol.